The Morgan fingerprint density at radius 1 is 0.955 bits per heavy atom. The fourth-order valence-corrected chi connectivity index (χ4v) is 3.47. The zero-order valence-electron chi connectivity index (χ0n) is 11.9. The Bertz CT molecular complexity index is 723. The monoisotopic (exact) mass is 296 g/mol. The van der Waals surface area contributed by atoms with Gasteiger partial charge in [-0.3, -0.25) is 9.59 Å². The third kappa shape index (κ3) is 1.99. The van der Waals surface area contributed by atoms with E-state index in [1.54, 1.807) is 36.4 Å². The summed E-state index contributed by atoms with van der Waals surface area (Å²) in [6, 6.07) is 16.1. The van der Waals surface area contributed by atoms with Crippen molar-refractivity contribution in [1.29, 1.82) is 0 Å². The van der Waals surface area contributed by atoms with Crippen molar-refractivity contribution in [2.75, 3.05) is 0 Å². The second-order valence-electron chi connectivity index (χ2n) is 5.59. The third-order valence-electron chi connectivity index (χ3n) is 4.53. The van der Waals surface area contributed by atoms with Crippen LogP contribution in [0.5, 0.6) is 0 Å². The fraction of sp³-hybridized carbons (Fsp3) is 0.222. The molecule has 0 fully saturated rings. The lowest BCUT2D eigenvalue weighted by atomic mass is 9.63. The first-order valence-corrected chi connectivity index (χ1v) is 7.18. The highest BCUT2D eigenvalue weighted by molar-refractivity contribution is 5.89. The van der Waals surface area contributed by atoms with Gasteiger partial charge in [0.1, 0.15) is 5.41 Å². The Kier molecular flexibility index (Phi) is 3.45. The van der Waals surface area contributed by atoms with E-state index in [-0.39, 0.29) is 6.42 Å². The lowest BCUT2D eigenvalue weighted by molar-refractivity contribution is -0.145. The van der Waals surface area contributed by atoms with E-state index in [1.165, 1.54) is 0 Å². The Morgan fingerprint density at radius 2 is 1.59 bits per heavy atom. The molecule has 2 atom stereocenters. The Labute approximate surface area is 128 Å². The number of carboxylic acid groups (broad SMARTS) is 2. The van der Waals surface area contributed by atoms with Crippen LogP contribution in [0.1, 0.15) is 35.4 Å². The van der Waals surface area contributed by atoms with Crippen LogP contribution in [0.15, 0.2) is 54.6 Å². The average molecular weight is 296 g/mol. The molecule has 0 aromatic heterocycles. The van der Waals surface area contributed by atoms with E-state index in [4.69, 9.17) is 0 Å². The van der Waals surface area contributed by atoms with Gasteiger partial charge in [0, 0.05) is 0 Å². The molecule has 1 aliphatic carbocycles. The Balaban J connectivity index is 2.27. The highest BCUT2D eigenvalue weighted by Crippen LogP contribution is 2.47. The molecule has 0 radical (unpaired) electrons. The molecule has 2 aromatic carbocycles. The van der Waals surface area contributed by atoms with E-state index in [9.17, 15) is 19.8 Å². The summed E-state index contributed by atoms with van der Waals surface area (Å²) in [6.07, 6.45) is 0.591. The topological polar surface area (TPSA) is 74.6 Å². The van der Waals surface area contributed by atoms with Crippen molar-refractivity contribution in [3.8, 4) is 0 Å². The molecular formula is C18H16O4. The number of benzene rings is 2. The molecule has 22 heavy (non-hydrogen) atoms. The molecule has 0 bridgehead atoms. The number of hydrogen-bond donors (Lipinski definition) is 2. The van der Waals surface area contributed by atoms with Crippen molar-refractivity contribution in [3.63, 3.8) is 0 Å². The lowest BCUT2D eigenvalue weighted by Gasteiger charge is -2.38. The summed E-state index contributed by atoms with van der Waals surface area (Å²) in [5, 5.41) is 19.4. The summed E-state index contributed by atoms with van der Waals surface area (Å²) < 4.78 is 0. The molecule has 2 unspecified atom stereocenters. The second kappa shape index (κ2) is 5.30. The van der Waals surface area contributed by atoms with Crippen LogP contribution in [-0.4, -0.2) is 22.2 Å². The summed E-state index contributed by atoms with van der Waals surface area (Å²) in [7, 11) is 0. The van der Waals surface area contributed by atoms with Gasteiger partial charge >= 0.3 is 11.9 Å². The third-order valence-corrected chi connectivity index (χ3v) is 4.53. The Morgan fingerprint density at radius 3 is 2.23 bits per heavy atom. The molecule has 0 saturated carbocycles. The molecule has 4 heteroatoms. The molecule has 2 aromatic rings. The SMILES string of the molecule is O=C(O)C1CCC(C(=O)O)(c2ccccc2)c2ccccc21. The standard InChI is InChI=1S/C18H16O4/c19-16(20)14-10-11-18(17(21)22,12-6-2-1-3-7-12)15-9-5-4-8-13(14)15/h1-9,14H,10-11H2,(H,19,20)(H,21,22). The summed E-state index contributed by atoms with van der Waals surface area (Å²) in [4.78, 5) is 23.7. The smallest absolute Gasteiger partial charge is 0.318 e. The number of rotatable bonds is 3. The highest BCUT2D eigenvalue weighted by Gasteiger charge is 2.48. The summed E-state index contributed by atoms with van der Waals surface area (Å²) >= 11 is 0. The van der Waals surface area contributed by atoms with Crippen molar-refractivity contribution in [2.24, 2.45) is 0 Å². The highest BCUT2D eigenvalue weighted by atomic mass is 16.4. The molecule has 1 aliphatic rings. The van der Waals surface area contributed by atoms with Gasteiger partial charge < -0.3 is 10.2 Å². The van der Waals surface area contributed by atoms with Crippen molar-refractivity contribution in [2.45, 2.75) is 24.2 Å². The number of carboxylic acids is 2. The first-order valence-electron chi connectivity index (χ1n) is 7.18. The van der Waals surface area contributed by atoms with E-state index in [0.29, 0.717) is 23.1 Å². The summed E-state index contributed by atoms with van der Waals surface area (Å²) in [5.74, 6) is -2.48. The molecule has 2 N–H and O–H groups in total. The van der Waals surface area contributed by atoms with Gasteiger partial charge in [-0.15, -0.1) is 0 Å². The molecule has 0 saturated heterocycles. The molecule has 0 aliphatic heterocycles. The minimum absolute atomic E-state index is 0.278. The molecule has 0 amide bonds. The lowest BCUT2D eigenvalue weighted by Crippen LogP contribution is -2.42. The predicted molar refractivity (Wildman–Crippen MR) is 80.9 cm³/mol. The second-order valence-corrected chi connectivity index (χ2v) is 5.59. The van der Waals surface area contributed by atoms with Gasteiger partial charge in [-0.05, 0) is 29.5 Å². The maximum atomic E-state index is 12.2. The first kappa shape index (κ1) is 14.3. The van der Waals surface area contributed by atoms with Crippen LogP contribution in [0.4, 0.5) is 0 Å². The van der Waals surface area contributed by atoms with Gasteiger partial charge in [0.05, 0.1) is 5.92 Å². The quantitative estimate of drug-likeness (QED) is 0.913. The van der Waals surface area contributed by atoms with E-state index in [1.807, 2.05) is 18.2 Å². The van der Waals surface area contributed by atoms with Crippen molar-refractivity contribution in [1.82, 2.24) is 0 Å². The van der Waals surface area contributed by atoms with Crippen LogP contribution in [0.25, 0.3) is 0 Å². The molecule has 112 valence electrons. The van der Waals surface area contributed by atoms with Crippen molar-refractivity contribution in [3.05, 3.63) is 71.3 Å². The molecule has 4 nitrogen and oxygen atoms in total. The van der Waals surface area contributed by atoms with Gasteiger partial charge in [-0.1, -0.05) is 54.6 Å². The minimum Gasteiger partial charge on any atom is -0.481 e. The van der Waals surface area contributed by atoms with E-state index in [2.05, 4.69) is 0 Å². The van der Waals surface area contributed by atoms with E-state index < -0.39 is 23.3 Å². The molecule has 3 rings (SSSR count). The van der Waals surface area contributed by atoms with Gasteiger partial charge in [0.15, 0.2) is 0 Å². The van der Waals surface area contributed by atoms with Crippen LogP contribution in [0.2, 0.25) is 0 Å². The Hall–Kier alpha value is -2.62. The zero-order valence-corrected chi connectivity index (χ0v) is 11.9. The van der Waals surface area contributed by atoms with Crippen molar-refractivity contribution >= 4 is 11.9 Å². The largest absolute Gasteiger partial charge is 0.481 e. The predicted octanol–water partition coefficient (Wildman–Crippen LogP) is 3.02. The van der Waals surface area contributed by atoms with E-state index >= 15 is 0 Å². The summed E-state index contributed by atoms with van der Waals surface area (Å²) in [5.41, 5.74) is 0.711. The number of aliphatic carboxylic acids is 2. The van der Waals surface area contributed by atoms with Crippen molar-refractivity contribution < 1.29 is 19.8 Å². The average Bonchev–Trinajstić information content (AvgIpc) is 2.54. The van der Waals surface area contributed by atoms with Crippen LogP contribution in [0, 0.1) is 0 Å². The fourth-order valence-electron chi connectivity index (χ4n) is 3.47. The van der Waals surface area contributed by atoms with Crippen LogP contribution in [-0.2, 0) is 15.0 Å². The molecule has 0 spiro atoms. The minimum atomic E-state index is -1.18. The zero-order chi connectivity index (χ0) is 15.7. The maximum absolute atomic E-state index is 12.2. The van der Waals surface area contributed by atoms with E-state index in [0.717, 1.165) is 0 Å². The maximum Gasteiger partial charge on any atom is 0.318 e. The number of fused-ring (bicyclic) bond motifs is 1. The molecule has 0 heterocycles. The molecular weight excluding hydrogens is 280 g/mol. The van der Waals surface area contributed by atoms with Crippen LogP contribution in [0.3, 0.4) is 0 Å². The number of carbonyl (C=O) groups is 2. The van der Waals surface area contributed by atoms with Gasteiger partial charge in [0.2, 0.25) is 0 Å². The summed E-state index contributed by atoms with van der Waals surface area (Å²) in [6.45, 7) is 0. The van der Waals surface area contributed by atoms with Gasteiger partial charge in [-0.2, -0.15) is 0 Å². The van der Waals surface area contributed by atoms with Gasteiger partial charge in [-0.25, -0.2) is 0 Å². The number of hydrogen-bond acceptors (Lipinski definition) is 2. The first-order chi connectivity index (χ1) is 10.6. The van der Waals surface area contributed by atoms with Crippen LogP contribution < -0.4 is 0 Å². The van der Waals surface area contributed by atoms with Gasteiger partial charge in [0.25, 0.3) is 0 Å². The normalized spacial score (nSPS) is 23.5. The van der Waals surface area contributed by atoms with Crippen LogP contribution >= 0.6 is 0 Å².